The number of carbonyl (C=O) groups is 2. The van der Waals surface area contributed by atoms with Gasteiger partial charge in [-0.15, -0.1) is 0 Å². The molecule has 1 saturated heterocycles. The highest BCUT2D eigenvalue weighted by Gasteiger charge is 2.33. The Labute approximate surface area is 135 Å². The molecule has 0 radical (unpaired) electrons. The van der Waals surface area contributed by atoms with Gasteiger partial charge >= 0.3 is 6.09 Å². The molecule has 1 aromatic rings. The Bertz CT molecular complexity index is 522. The van der Waals surface area contributed by atoms with Crippen LogP contribution in [-0.2, 0) is 9.53 Å². The van der Waals surface area contributed by atoms with E-state index in [2.05, 4.69) is 16.8 Å². The Hall–Kier alpha value is -1.56. The fraction of sp³-hybridized carbons (Fsp3) is 0.625. The van der Waals surface area contributed by atoms with Gasteiger partial charge in [0.25, 0.3) is 0 Å². The first kappa shape index (κ1) is 16.8. The smallest absolute Gasteiger partial charge is 0.408 e. The van der Waals surface area contributed by atoms with Crippen LogP contribution in [0.15, 0.2) is 16.8 Å². The lowest BCUT2D eigenvalue weighted by Crippen LogP contribution is -2.47. The van der Waals surface area contributed by atoms with Gasteiger partial charge in [0, 0.05) is 6.54 Å². The molecule has 1 aliphatic heterocycles. The van der Waals surface area contributed by atoms with Crippen LogP contribution in [0.4, 0.5) is 4.79 Å². The molecule has 0 aliphatic carbocycles. The molecule has 0 aromatic carbocycles. The number of carbonyl (C=O) groups excluding carboxylic acids is 2. The van der Waals surface area contributed by atoms with Gasteiger partial charge in [-0.25, -0.2) is 4.79 Å². The van der Waals surface area contributed by atoms with Gasteiger partial charge in [0.15, 0.2) is 0 Å². The zero-order chi connectivity index (χ0) is 16.3. The van der Waals surface area contributed by atoms with Gasteiger partial charge < -0.3 is 15.0 Å². The van der Waals surface area contributed by atoms with Crippen molar-refractivity contribution in [2.24, 2.45) is 0 Å². The lowest BCUT2D eigenvalue weighted by molar-refractivity contribution is -0.134. The van der Waals surface area contributed by atoms with Crippen molar-refractivity contribution in [3.8, 4) is 0 Å². The van der Waals surface area contributed by atoms with Crippen molar-refractivity contribution >= 4 is 23.3 Å². The SMILES string of the molecule is C[C@@H](NC(=O)OC(C)(C)C)C(=O)N1CCC[C@H]1c1ccsc1. The first-order valence-electron chi connectivity index (χ1n) is 7.60. The van der Waals surface area contributed by atoms with Crippen molar-refractivity contribution in [2.45, 2.75) is 58.2 Å². The zero-order valence-electron chi connectivity index (χ0n) is 13.6. The Morgan fingerprint density at radius 3 is 2.77 bits per heavy atom. The molecule has 122 valence electrons. The average molecular weight is 324 g/mol. The van der Waals surface area contributed by atoms with E-state index in [1.54, 1.807) is 39.0 Å². The fourth-order valence-corrected chi connectivity index (χ4v) is 3.34. The quantitative estimate of drug-likeness (QED) is 0.928. The summed E-state index contributed by atoms with van der Waals surface area (Å²) in [6.45, 7) is 7.83. The van der Waals surface area contributed by atoms with Crippen molar-refractivity contribution in [1.29, 1.82) is 0 Å². The maximum atomic E-state index is 12.6. The first-order valence-corrected chi connectivity index (χ1v) is 8.54. The topological polar surface area (TPSA) is 58.6 Å². The first-order chi connectivity index (χ1) is 10.3. The van der Waals surface area contributed by atoms with Crippen molar-refractivity contribution in [3.63, 3.8) is 0 Å². The summed E-state index contributed by atoms with van der Waals surface area (Å²) < 4.78 is 5.20. The highest BCUT2D eigenvalue weighted by atomic mass is 32.1. The minimum atomic E-state index is -0.589. The van der Waals surface area contributed by atoms with E-state index in [0.717, 1.165) is 19.4 Å². The molecule has 6 heteroatoms. The summed E-state index contributed by atoms with van der Waals surface area (Å²) in [6, 6.07) is 1.60. The molecule has 1 aromatic heterocycles. The third kappa shape index (κ3) is 4.22. The van der Waals surface area contributed by atoms with Crippen LogP contribution in [0, 0.1) is 0 Å². The Morgan fingerprint density at radius 2 is 2.18 bits per heavy atom. The van der Waals surface area contributed by atoms with Crippen molar-refractivity contribution in [3.05, 3.63) is 22.4 Å². The van der Waals surface area contributed by atoms with E-state index in [1.165, 1.54) is 5.56 Å². The Balaban J connectivity index is 1.96. The lowest BCUT2D eigenvalue weighted by atomic mass is 10.1. The summed E-state index contributed by atoms with van der Waals surface area (Å²) in [4.78, 5) is 26.3. The number of amides is 2. The van der Waals surface area contributed by atoms with Gasteiger partial charge in [-0.3, -0.25) is 4.79 Å². The molecule has 1 aliphatic rings. The summed E-state index contributed by atoms with van der Waals surface area (Å²) in [7, 11) is 0. The van der Waals surface area contributed by atoms with E-state index in [-0.39, 0.29) is 11.9 Å². The van der Waals surface area contributed by atoms with E-state index in [1.807, 2.05) is 10.3 Å². The van der Waals surface area contributed by atoms with Crippen molar-refractivity contribution < 1.29 is 14.3 Å². The van der Waals surface area contributed by atoms with Gasteiger partial charge in [0.1, 0.15) is 11.6 Å². The highest BCUT2D eigenvalue weighted by molar-refractivity contribution is 7.07. The van der Waals surface area contributed by atoms with Crippen LogP contribution in [-0.4, -0.2) is 35.1 Å². The lowest BCUT2D eigenvalue weighted by Gasteiger charge is -2.28. The van der Waals surface area contributed by atoms with Crippen LogP contribution in [0.5, 0.6) is 0 Å². The minimum absolute atomic E-state index is 0.0560. The molecule has 1 N–H and O–H groups in total. The van der Waals surface area contributed by atoms with Crippen LogP contribution in [0.3, 0.4) is 0 Å². The Kier molecular flexibility index (Phi) is 5.11. The molecule has 0 spiro atoms. The second kappa shape index (κ2) is 6.69. The molecular weight excluding hydrogens is 300 g/mol. The van der Waals surface area contributed by atoms with Gasteiger partial charge in [-0.05, 0) is 62.9 Å². The maximum Gasteiger partial charge on any atom is 0.408 e. The molecule has 0 bridgehead atoms. The summed E-state index contributed by atoms with van der Waals surface area (Å²) in [5.41, 5.74) is 0.611. The van der Waals surface area contributed by atoms with Crippen LogP contribution in [0.25, 0.3) is 0 Å². The van der Waals surface area contributed by atoms with Crippen LogP contribution in [0.2, 0.25) is 0 Å². The summed E-state index contributed by atoms with van der Waals surface area (Å²) in [5.74, 6) is -0.0560. The highest BCUT2D eigenvalue weighted by Crippen LogP contribution is 2.33. The number of hydrogen-bond acceptors (Lipinski definition) is 4. The molecule has 1 fully saturated rings. The number of nitrogens with one attached hydrogen (secondary N) is 1. The van der Waals surface area contributed by atoms with Crippen LogP contribution in [0.1, 0.15) is 52.1 Å². The molecule has 0 unspecified atom stereocenters. The molecule has 2 rings (SSSR count). The number of hydrogen-bond donors (Lipinski definition) is 1. The molecule has 5 nitrogen and oxygen atoms in total. The van der Waals surface area contributed by atoms with Crippen LogP contribution < -0.4 is 5.32 Å². The normalized spacial score (nSPS) is 19.8. The average Bonchev–Trinajstić information content (AvgIpc) is 3.05. The molecule has 0 saturated carbocycles. The standard InChI is InChI=1S/C16H24N2O3S/c1-11(17-15(20)21-16(2,3)4)14(19)18-8-5-6-13(18)12-7-9-22-10-12/h7,9-11,13H,5-6,8H2,1-4H3,(H,17,20)/t11-,13+/m1/s1. The number of likely N-dealkylation sites (tertiary alicyclic amines) is 1. The number of alkyl carbamates (subject to hydrolysis) is 1. The second-order valence-corrected chi connectivity index (χ2v) is 7.39. The third-order valence-corrected chi connectivity index (χ3v) is 4.27. The number of rotatable bonds is 3. The molecule has 2 amide bonds. The summed E-state index contributed by atoms with van der Waals surface area (Å²) in [6.07, 6.45) is 1.41. The molecular formula is C16H24N2O3S. The Morgan fingerprint density at radius 1 is 1.45 bits per heavy atom. The zero-order valence-corrected chi connectivity index (χ0v) is 14.4. The number of thiophene rings is 1. The van der Waals surface area contributed by atoms with Gasteiger partial charge in [0.2, 0.25) is 5.91 Å². The number of nitrogens with zero attached hydrogens (tertiary/aromatic N) is 1. The van der Waals surface area contributed by atoms with Gasteiger partial charge in [0.05, 0.1) is 6.04 Å². The molecule has 22 heavy (non-hydrogen) atoms. The van der Waals surface area contributed by atoms with E-state index in [9.17, 15) is 9.59 Å². The third-order valence-electron chi connectivity index (χ3n) is 3.57. The maximum absolute atomic E-state index is 12.6. The summed E-state index contributed by atoms with van der Waals surface area (Å²) in [5, 5.41) is 6.74. The molecule has 2 atom stereocenters. The van der Waals surface area contributed by atoms with E-state index in [0.29, 0.717) is 0 Å². The van der Waals surface area contributed by atoms with E-state index < -0.39 is 17.7 Å². The van der Waals surface area contributed by atoms with Gasteiger partial charge in [-0.2, -0.15) is 11.3 Å². The van der Waals surface area contributed by atoms with Crippen LogP contribution >= 0.6 is 11.3 Å². The fourth-order valence-electron chi connectivity index (χ4n) is 2.64. The van der Waals surface area contributed by atoms with Gasteiger partial charge in [-0.1, -0.05) is 0 Å². The second-order valence-electron chi connectivity index (χ2n) is 6.61. The van der Waals surface area contributed by atoms with Crippen molar-refractivity contribution in [1.82, 2.24) is 10.2 Å². The minimum Gasteiger partial charge on any atom is -0.444 e. The summed E-state index contributed by atoms with van der Waals surface area (Å²) >= 11 is 1.64. The predicted octanol–water partition coefficient (Wildman–Crippen LogP) is 3.32. The largest absolute Gasteiger partial charge is 0.444 e. The van der Waals surface area contributed by atoms with E-state index in [4.69, 9.17) is 4.74 Å². The predicted molar refractivity (Wildman–Crippen MR) is 86.8 cm³/mol. The van der Waals surface area contributed by atoms with Crippen molar-refractivity contribution in [2.75, 3.05) is 6.54 Å². The van der Waals surface area contributed by atoms with E-state index >= 15 is 0 Å². The molecule has 2 heterocycles. The monoisotopic (exact) mass is 324 g/mol. The number of ether oxygens (including phenoxy) is 1.